The zero-order valence-corrected chi connectivity index (χ0v) is 12.3. The Labute approximate surface area is 123 Å². The fourth-order valence-electron chi connectivity index (χ4n) is 4.21. The molecule has 3 atom stereocenters. The second-order valence-corrected chi connectivity index (χ2v) is 6.68. The van der Waals surface area contributed by atoms with Crippen LogP contribution < -0.4 is 0 Å². The fraction of sp³-hybridized carbons (Fsp3) is 0.667. The molecule has 20 heavy (non-hydrogen) atoms. The van der Waals surface area contributed by atoms with Crippen LogP contribution in [0.5, 0.6) is 0 Å². The molecule has 2 fully saturated rings. The lowest BCUT2D eigenvalue weighted by atomic mass is 9.67. The minimum atomic E-state index is 0.504. The van der Waals surface area contributed by atoms with Crippen molar-refractivity contribution < 1.29 is 0 Å². The first-order valence-electron chi connectivity index (χ1n) is 7.67. The van der Waals surface area contributed by atoms with Crippen LogP contribution in [0.3, 0.4) is 0 Å². The molecule has 2 aliphatic rings. The smallest absolute Gasteiger partial charge is 0.180 e. The maximum Gasteiger partial charge on any atom is 0.180 e. The van der Waals surface area contributed by atoms with Crippen LogP contribution in [0, 0.1) is 11.8 Å². The second-order valence-electron chi connectivity index (χ2n) is 6.30. The van der Waals surface area contributed by atoms with E-state index in [4.69, 9.17) is 11.6 Å². The standard InChI is InChI=1S/C15H19ClN4/c16-13-8-17-9-14-18-19-15(20(13)14)12-6-5-10-3-1-2-4-11(10)7-12/h8-12H,1-7H2. The molecule has 5 heteroatoms. The average Bonchev–Trinajstić information content (AvgIpc) is 2.92. The highest BCUT2D eigenvalue weighted by Gasteiger charge is 2.34. The summed E-state index contributed by atoms with van der Waals surface area (Å²) in [6, 6.07) is 0. The molecule has 2 aromatic rings. The van der Waals surface area contributed by atoms with Gasteiger partial charge in [-0.1, -0.05) is 37.3 Å². The molecule has 0 bridgehead atoms. The number of nitrogens with zero attached hydrogens (tertiary/aromatic N) is 4. The van der Waals surface area contributed by atoms with Crippen molar-refractivity contribution in [2.45, 2.75) is 50.9 Å². The summed E-state index contributed by atoms with van der Waals surface area (Å²) in [5.74, 6) is 3.38. The third-order valence-electron chi connectivity index (χ3n) is 5.20. The van der Waals surface area contributed by atoms with E-state index in [0.717, 1.165) is 23.3 Å². The Morgan fingerprint density at radius 2 is 1.85 bits per heavy atom. The first kappa shape index (κ1) is 12.6. The van der Waals surface area contributed by atoms with E-state index in [1.165, 1.54) is 44.9 Å². The van der Waals surface area contributed by atoms with Crippen molar-refractivity contribution in [1.82, 2.24) is 19.6 Å². The number of rotatable bonds is 1. The van der Waals surface area contributed by atoms with Crippen molar-refractivity contribution in [2.75, 3.05) is 0 Å². The molecule has 2 aromatic heterocycles. The molecule has 2 aliphatic carbocycles. The van der Waals surface area contributed by atoms with Gasteiger partial charge in [0, 0.05) is 5.92 Å². The Bertz CT molecular complexity index is 623. The van der Waals surface area contributed by atoms with E-state index in [1.807, 2.05) is 4.40 Å². The van der Waals surface area contributed by atoms with Crippen molar-refractivity contribution in [1.29, 1.82) is 0 Å². The Hall–Kier alpha value is -1.16. The minimum absolute atomic E-state index is 0.504. The summed E-state index contributed by atoms with van der Waals surface area (Å²) in [6.07, 6.45) is 12.9. The number of halogens is 1. The van der Waals surface area contributed by atoms with E-state index < -0.39 is 0 Å². The van der Waals surface area contributed by atoms with Gasteiger partial charge in [0.2, 0.25) is 0 Å². The second kappa shape index (κ2) is 4.99. The van der Waals surface area contributed by atoms with Crippen LogP contribution in [0.4, 0.5) is 0 Å². The van der Waals surface area contributed by atoms with Crippen LogP contribution >= 0.6 is 11.6 Å². The predicted molar refractivity (Wildman–Crippen MR) is 77.8 cm³/mol. The van der Waals surface area contributed by atoms with Gasteiger partial charge in [0.15, 0.2) is 5.65 Å². The quantitative estimate of drug-likeness (QED) is 0.801. The molecule has 0 amide bonds. The molecule has 106 valence electrons. The van der Waals surface area contributed by atoms with Gasteiger partial charge in [0.05, 0.1) is 12.4 Å². The summed E-state index contributed by atoms with van der Waals surface area (Å²) >= 11 is 6.28. The number of aromatic nitrogens is 4. The molecule has 2 heterocycles. The summed E-state index contributed by atoms with van der Waals surface area (Å²) in [5.41, 5.74) is 0.762. The van der Waals surface area contributed by atoms with Gasteiger partial charge >= 0.3 is 0 Å². The largest absolute Gasteiger partial charge is 0.266 e. The lowest BCUT2D eigenvalue weighted by Crippen LogP contribution is -2.27. The van der Waals surface area contributed by atoms with E-state index in [1.54, 1.807) is 12.4 Å². The highest BCUT2D eigenvalue weighted by atomic mass is 35.5. The predicted octanol–water partition coefficient (Wildman–Crippen LogP) is 3.85. The van der Waals surface area contributed by atoms with Gasteiger partial charge in [-0.05, 0) is 31.1 Å². The first-order valence-corrected chi connectivity index (χ1v) is 8.05. The summed E-state index contributed by atoms with van der Waals surface area (Å²) < 4.78 is 1.97. The van der Waals surface area contributed by atoms with Crippen molar-refractivity contribution in [3.05, 3.63) is 23.4 Å². The maximum atomic E-state index is 6.28. The Morgan fingerprint density at radius 3 is 2.75 bits per heavy atom. The van der Waals surface area contributed by atoms with E-state index in [0.29, 0.717) is 11.1 Å². The molecule has 3 unspecified atom stereocenters. The highest BCUT2D eigenvalue weighted by Crippen LogP contribution is 2.45. The third kappa shape index (κ3) is 2.01. The summed E-state index contributed by atoms with van der Waals surface area (Å²) in [5, 5.41) is 9.25. The minimum Gasteiger partial charge on any atom is -0.266 e. The SMILES string of the molecule is Clc1cncc2nnc(C3CCC4CCCCC4C3)n12. The fourth-order valence-corrected chi connectivity index (χ4v) is 4.44. The van der Waals surface area contributed by atoms with Gasteiger partial charge in [-0.2, -0.15) is 0 Å². The molecule has 2 saturated carbocycles. The van der Waals surface area contributed by atoms with Gasteiger partial charge in [-0.25, -0.2) is 0 Å². The molecule has 0 spiro atoms. The lowest BCUT2D eigenvalue weighted by molar-refractivity contribution is 0.152. The van der Waals surface area contributed by atoms with Crippen LogP contribution in [0.25, 0.3) is 5.65 Å². The summed E-state index contributed by atoms with van der Waals surface area (Å²) in [7, 11) is 0. The lowest BCUT2D eigenvalue weighted by Gasteiger charge is -2.38. The molecule has 0 radical (unpaired) electrons. The van der Waals surface area contributed by atoms with E-state index in [9.17, 15) is 0 Å². The maximum absolute atomic E-state index is 6.28. The number of hydrogen-bond acceptors (Lipinski definition) is 3. The van der Waals surface area contributed by atoms with Gasteiger partial charge in [0.25, 0.3) is 0 Å². The van der Waals surface area contributed by atoms with Gasteiger partial charge < -0.3 is 0 Å². The molecule has 0 saturated heterocycles. The van der Waals surface area contributed by atoms with E-state index >= 15 is 0 Å². The van der Waals surface area contributed by atoms with Crippen molar-refractivity contribution in [3.8, 4) is 0 Å². The average molecular weight is 291 g/mol. The van der Waals surface area contributed by atoms with Gasteiger partial charge in [0.1, 0.15) is 11.0 Å². The zero-order chi connectivity index (χ0) is 13.5. The van der Waals surface area contributed by atoms with E-state index in [-0.39, 0.29) is 0 Å². The zero-order valence-electron chi connectivity index (χ0n) is 11.5. The molecule has 4 nitrogen and oxygen atoms in total. The number of hydrogen-bond donors (Lipinski definition) is 0. The summed E-state index contributed by atoms with van der Waals surface area (Å²) in [4.78, 5) is 4.08. The Balaban J connectivity index is 1.66. The third-order valence-corrected chi connectivity index (χ3v) is 5.47. The molecule has 0 N–H and O–H groups in total. The van der Waals surface area contributed by atoms with Crippen LogP contribution in [0.1, 0.15) is 56.7 Å². The molecular weight excluding hydrogens is 272 g/mol. The molecule has 0 aliphatic heterocycles. The molecule has 0 aromatic carbocycles. The molecular formula is C15H19ClN4. The van der Waals surface area contributed by atoms with Crippen molar-refractivity contribution in [2.24, 2.45) is 11.8 Å². The van der Waals surface area contributed by atoms with E-state index in [2.05, 4.69) is 15.2 Å². The Kier molecular flexibility index (Phi) is 3.14. The first-order chi connectivity index (χ1) is 9.83. The van der Waals surface area contributed by atoms with Gasteiger partial charge in [-0.15, -0.1) is 10.2 Å². The van der Waals surface area contributed by atoms with Crippen LogP contribution in [0.15, 0.2) is 12.4 Å². The Morgan fingerprint density at radius 1 is 1.00 bits per heavy atom. The topological polar surface area (TPSA) is 43.1 Å². The highest BCUT2D eigenvalue weighted by molar-refractivity contribution is 6.29. The van der Waals surface area contributed by atoms with Crippen LogP contribution in [-0.4, -0.2) is 19.6 Å². The summed E-state index contributed by atoms with van der Waals surface area (Å²) in [6.45, 7) is 0. The van der Waals surface area contributed by atoms with Crippen molar-refractivity contribution >= 4 is 17.2 Å². The number of fused-ring (bicyclic) bond motifs is 2. The van der Waals surface area contributed by atoms with Crippen LogP contribution in [0.2, 0.25) is 5.15 Å². The van der Waals surface area contributed by atoms with Crippen LogP contribution in [-0.2, 0) is 0 Å². The van der Waals surface area contributed by atoms with Crippen molar-refractivity contribution in [3.63, 3.8) is 0 Å². The monoisotopic (exact) mass is 290 g/mol. The van der Waals surface area contributed by atoms with Gasteiger partial charge in [-0.3, -0.25) is 9.38 Å². The molecule has 4 rings (SSSR count). The normalized spacial score (nSPS) is 30.4.